The van der Waals surface area contributed by atoms with Crippen molar-refractivity contribution >= 4 is 0 Å². The van der Waals surface area contributed by atoms with Gasteiger partial charge in [0.1, 0.15) is 0 Å². The van der Waals surface area contributed by atoms with Crippen LogP contribution in [0.3, 0.4) is 0 Å². The molecule has 0 spiro atoms. The van der Waals surface area contributed by atoms with Crippen molar-refractivity contribution in [2.75, 3.05) is 33.3 Å². The molecule has 5 heteroatoms. The van der Waals surface area contributed by atoms with Crippen LogP contribution in [0.4, 0.5) is 0 Å². The Labute approximate surface area is 117 Å². The van der Waals surface area contributed by atoms with Crippen LogP contribution in [0.25, 0.3) is 0 Å². The van der Waals surface area contributed by atoms with E-state index in [-0.39, 0.29) is 6.10 Å². The van der Waals surface area contributed by atoms with Gasteiger partial charge < -0.3 is 15.0 Å². The van der Waals surface area contributed by atoms with Gasteiger partial charge in [0.05, 0.1) is 18.4 Å². The first-order chi connectivity index (χ1) is 8.95. The van der Waals surface area contributed by atoms with Crippen molar-refractivity contribution in [1.82, 2.24) is 10.2 Å². The molecule has 0 aliphatic carbocycles. The van der Waals surface area contributed by atoms with E-state index in [1.54, 1.807) is 0 Å². The first-order valence-corrected chi connectivity index (χ1v) is 7.05. The van der Waals surface area contributed by atoms with E-state index in [9.17, 15) is 0 Å². The fourth-order valence-corrected chi connectivity index (χ4v) is 1.72. The van der Waals surface area contributed by atoms with E-state index in [4.69, 9.17) is 10.3 Å². The second kappa shape index (κ2) is 10.9. The van der Waals surface area contributed by atoms with Crippen LogP contribution in [0.1, 0.15) is 34.1 Å². The van der Waals surface area contributed by atoms with Crippen molar-refractivity contribution in [3.63, 3.8) is 0 Å². The summed E-state index contributed by atoms with van der Waals surface area (Å²) in [5, 5.41) is 6.69. The van der Waals surface area contributed by atoms with Crippen LogP contribution in [-0.2, 0) is 4.74 Å². The average molecular weight is 270 g/mol. The van der Waals surface area contributed by atoms with Crippen LogP contribution >= 0.6 is 0 Å². The Morgan fingerprint density at radius 1 is 1.37 bits per heavy atom. The zero-order valence-electron chi connectivity index (χ0n) is 13.1. The molecule has 0 aliphatic rings. The molecule has 0 aliphatic heterocycles. The molecule has 2 N–H and O–H groups in total. The molecule has 0 aromatic rings. The fourth-order valence-electron chi connectivity index (χ4n) is 1.72. The Bertz CT molecular complexity index is 264. The average Bonchev–Trinajstić information content (AvgIpc) is 2.31. The number of hydrogen-bond donors (Lipinski definition) is 2. The van der Waals surface area contributed by atoms with Crippen LogP contribution in [-0.4, -0.2) is 44.3 Å². The summed E-state index contributed by atoms with van der Waals surface area (Å²) in [6, 6.07) is 0. The molecule has 0 saturated heterocycles. The summed E-state index contributed by atoms with van der Waals surface area (Å²) in [7, 11) is 2.10. The molecule has 0 fully saturated rings. The second-order valence-electron chi connectivity index (χ2n) is 5.53. The van der Waals surface area contributed by atoms with E-state index in [1.807, 2.05) is 20.0 Å². The highest BCUT2D eigenvalue weighted by Crippen LogP contribution is 2.04. The predicted octanol–water partition coefficient (Wildman–Crippen LogP) is 2.85. The van der Waals surface area contributed by atoms with Gasteiger partial charge in [-0.05, 0) is 26.8 Å². The SMILES string of the molecule is CC(C)CN(C)CC/C(=C/NCCOC(C)C)N=N. The fraction of sp³-hybridized carbons (Fsp3) is 0.857. The Morgan fingerprint density at radius 2 is 2.05 bits per heavy atom. The lowest BCUT2D eigenvalue weighted by molar-refractivity contribution is 0.0824. The summed E-state index contributed by atoms with van der Waals surface area (Å²) in [5.41, 5.74) is 7.94. The first kappa shape index (κ1) is 18.1. The largest absolute Gasteiger partial charge is 0.387 e. The van der Waals surface area contributed by atoms with Gasteiger partial charge in [-0.15, -0.1) is 0 Å². The number of rotatable bonds is 11. The van der Waals surface area contributed by atoms with E-state index in [0.717, 1.165) is 31.8 Å². The van der Waals surface area contributed by atoms with Crippen LogP contribution in [0.2, 0.25) is 0 Å². The molecule has 112 valence electrons. The maximum atomic E-state index is 7.16. The quantitative estimate of drug-likeness (QED) is 0.448. The van der Waals surface area contributed by atoms with Crippen LogP contribution < -0.4 is 5.32 Å². The summed E-state index contributed by atoms with van der Waals surface area (Å²) in [5.74, 6) is 0.664. The normalized spacial score (nSPS) is 12.5. The van der Waals surface area contributed by atoms with Crippen molar-refractivity contribution in [2.45, 2.75) is 40.2 Å². The lowest BCUT2D eigenvalue weighted by Crippen LogP contribution is -2.24. The summed E-state index contributed by atoms with van der Waals surface area (Å²) in [4.78, 5) is 2.27. The molecule has 0 amide bonds. The van der Waals surface area contributed by atoms with Crippen LogP contribution in [0, 0.1) is 11.4 Å². The minimum atomic E-state index is 0.260. The van der Waals surface area contributed by atoms with Crippen molar-refractivity contribution in [3.05, 3.63) is 11.9 Å². The van der Waals surface area contributed by atoms with Gasteiger partial charge in [0.25, 0.3) is 0 Å². The molecule has 0 heterocycles. The van der Waals surface area contributed by atoms with Crippen LogP contribution in [0.15, 0.2) is 17.0 Å². The lowest BCUT2D eigenvalue weighted by Gasteiger charge is -2.18. The maximum absolute atomic E-state index is 7.16. The third-order valence-corrected chi connectivity index (χ3v) is 2.54. The zero-order chi connectivity index (χ0) is 14.7. The van der Waals surface area contributed by atoms with Gasteiger partial charge in [0.2, 0.25) is 0 Å². The molecular formula is C14H30N4O. The Morgan fingerprint density at radius 3 is 2.58 bits per heavy atom. The van der Waals surface area contributed by atoms with Gasteiger partial charge in [-0.1, -0.05) is 13.8 Å². The molecule has 0 atom stereocenters. The monoisotopic (exact) mass is 270 g/mol. The highest BCUT2D eigenvalue weighted by Gasteiger charge is 2.03. The van der Waals surface area contributed by atoms with Crippen molar-refractivity contribution in [1.29, 1.82) is 5.53 Å². The molecule has 0 saturated carbocycles. The molecule has 0 bridgehead atoms. The van der Waals surface area contributed by atoms with E-state index in [0.29, 0.717) is 12.5 Å². The van der Waals surface area contributed by atoms with E-state index in [2.05, 4.69) is 36.2 Å². The van der Waals surface area contributed by atoms with E-state index in [1.165, 1.54) is 0 Å². The zero-order valence-corrected chi connectivity index (χ0v) is 13.1. The van der Waals surface area contributed by atoms with Crippen molar-refractivity contribution < 1.29 is 4.74 Å². The minimum Gasteiger partial charge on any atom is -0.387 e. The van der Waals surface area contributed by atoms with Crippen molar-refractivity contribution in [3.8, 4) is 0 Å². The Hall–Kier alpha value is -0.940. The van der Waals surface area contributed by atoms with Gasteiger partial charge in [0, 0.05) is 32.3 Å². The summed E-state index contributed by atoms with van der Waals surface area (Å²) < 4.78 is 5.42. The summed E-state index contributed by atoms with van der Waals surface area (Å²) >= 11 is 0. The standard InChI is InChI=1S/C14H30N4O/c1-12(2)11-18(5)8-6-14(17-15)10-16-7-9-19-13(3)4/h10,12-13,15-16H,6-9,11H2,1-5H3/b14-10-,17-15?. The molecule has 0 radical (unpaired) electrons. The Kier molecular flexibility index (Phi) is 10.4. The number of hydrogen-bond acceptors (Lipinski definition) is 5. The van der Waals surface area contributed by atoms with Gasteiger partial charge in [-0.2, -0.15) is 5.11 Å². The molecular weight excluding hydrogens is 240 g/mol. The molecule has 0 rings (SSSR count). The summed E-state index contributed by atoms with van der Waals surface area (Å²) in [6.07, 6.45) is 2.88. The minimum absolute atomic E-state index is 0.260. The number of nitrogens with zero attached hydrogens (tertiary/aromatic N) is 2. The third-order valence-electron chi connectivity index (χ3n) is 2.54. The Balaban J connectivity index is 3.83. The second-order valence-corrected chi connectivity index (χ2v) is 5.53. The van der Waals surface area contributed by atoms with Gasteiger partial charge in [-0.3, -0.25) is 0 Å². The third kappa shape index (κ3) is 11.9. The predicted molar refractivity (Wildman–Crippen MR) is 79.3 cm³/mol. The lowest BCUT2D eigenvalue weighted by atomic mass is 10.2. The van der Waals surface area contributed by atoms with E-state index < -0.39 is 0 Å². The van der Waals surface area contributed by atoms with Gasteiger partial charge >= 0.3 is 0 Å². The van der Waals surface area contributed by atoms with E-state index >= 15 is 0 Å². The smallest absolute Gasteiger partial charge is 0.0792 e. The molecule has 5 nitrogen and oxygen atoms in total. The topological polar surface area (TPSA) is 60.7 Å². The molecule has 0 aromatic carbocycles. The molecule has 0 unspecified atom stereocenters. The maximum Gasteiger partial charge on any atom is 0.0792 e. The highest BCUT2D eigenvalue weighted by atomic mass is 16.5. The van der Waals surface area contributed by atoms with Gasteiger partial charge in [0.15, 0.2) is 0 Å². The number of nitrogens with one attached hydrogen (secondary N) is 2. The first-order valence-electron chi connectivity index (χ1n) is 7.05. The molecule has 19 heavy (non-hydrogen) atoms. The van der Waals surface area contributed by atoms with Crippen LogP contribution in [0.5, 0.6) is 0 Å². The summed E-state index contributed by atoms with van der Waals surface area (Å²) in [6.45, 7) is 11.9. The van der Waals surface area contributed by atoms with Gasteiger partial charge in [-0.25, -0.2) is 5.53 Å². The highest BCUT2D eigenvalue weighted by molar-refractivity contribution is 4.97. The molecule has 0 aromatic heterocycles. The van der Waals surface area contributed by atoms with Crippen molar-refractivity contribution in [2.24, 2.45) is 11.0 Å². The number of ether oxygens (including phenoxy) is 1.